The third-order valence-corrected chi connectivity index (χ3v) is 3.39. The van der Waals surface area contributed by atoms with Crippen molar-refractivity contribution in [1.82, 2.24) is 9.55 Å². The van der Waals surface area contributed by atoms with Gasteiger partial charge in [-0.25, -0.2) is 9.37 Å². The lowest BCUT2D eigenvalue weighted by Gasteiger charge is -2.08. The molecule has 0 N–H and O–H groups in total. The number of halogens is 2. The molecule has 0 fully saturated rings. The van der Waals surface area contributed by atoms with Crippen LogP contribution in [0.25, 0.3) is 11.0 Å². The second-order valence-electron chi connectivity index (χ2n) is 4.47. The van der Waals surface area contributed by atoms with E-state index in [0.717, 1.165) is 38.2 Å². The van der Waals surface area contributed by atoms with Crippen molar-refractivity contribution in [2.75, 3.05) is 13.7 Å². The van der Waals surface area contributed by atoms with Gasteiger partial charge >= 0.3 is 0 Å². The van der Waals surface area contributed by atoms with Gasteiger partial charge in [0, 0.05) is 20.3 Å². The molecule has 0 atom stereocenters. The van der Waals surface area contributed by atoms with Crippen molar-refractivity contribution in [3.8, 4) is 0 Å². The molecule has 0 aliphatic carbocycles. The monoisotopic (exact) mass is 284 g/mol. The summed E-state index contributed by atoms with van der Waals surface area (Å²) < 4.78 is 20.8. The second kappa shape index (κ2) is 6.87. The molecule has 2 rings (SSSR count). The topological polar surface area (TPSA) is 27.1 Å². The Morgan fingerprint density at radius 1 is 1.32 bits per heavy atom. The maximum absolute atomic E-state index is 13.9. The average molecular weight is 285 g/mol. The van der Waals surface area contributed by atoms with Crippen molar-refractivity contribution < 1.29 is 9.13 Å². The summed E-state index contributed by atoms with van der Waals surface area (Å²) >= 11 is 5.89. The van der Waals surface area contributed by atoms with Crippen molar-refractivity contribution in [2.45, 2.75) is 31.7 Å². The molecule has 1 aromatic heterocycles. The van der Waals surface area contributed by atoms with Crippen molar-refractivity contribution in [2.24, 2.45) is 0 Å². The van der Waals surface area contributed by atoms with E-state index in [1.807, 2.05) is 10.6 Å². The first kappa shape index (κ1) is 14.3. The summed E-state index contributed by atoms with van der Waals surface area (Å²) in [6.07, 6.45) is 3.03. The highest BCUT2D eigenvalue weighted by Gasteiger charge is 2.12. The van der Waals surface area contributed by atoms with E-state index in [2.05, 4.69) is 4.98 Å². The van der Waals surface area contributed by atoms with E-state index in [1.165, 1.54) is 6.07 Å². The highest BCUT2D eigenvalue weighted by molar-refractivity contribution is 6.16. The quantitative estimate of drug-likeness (QED) is 0.572. The summed E-state index contributed by atoms with van der Waals surface area (Å²) in [7, 11) is 1.70. The molecule has 0 unspecified atom stereocenters. The molecule has 19 heavy (non-hydrogen) atoms. The first-order chi connectivity index (χ1) is 9.27. The number of benzene rings is 1. The fraction of sp³-hybridized carbons (Fsp3) is 0.500. The van der Waals surface area contributed by atoms with Gasteiger partial charge in [0.05, 0.1) is 11.4 Å². The van der Waals surface area contributed by atoms with Gasteiger partial charge in [0.1, 0.15) is 17.2 Å². The molecule has 0 saturated heterocycles. The molecular formula is C14H18ClFN2O. The highest BCUT2D eigenvalue weighted by Crippen LogP contribution is 2.21. The van der Waals surface area contributed by atoms with Crippen LogP contribution in [0.1, 0.15) is 25.1 Å². The maximum atomic E-state index is 13.9. The molecule has 0 aliphatic rings. The Bertz CT molecular complexity index is 541. The number of aromatic nitrogens is 2. The van der Waals surface area contributed by atoms with Crippen LogP contribution in [0.2, 0.25) is 0 Å². The molecular weight excluding hydrogens is 267 g/mol. The summed E-state index contributed by atoms with van der Waals surface area (Å²) in [4.78, 5) is 4.37. The van der Waals surface area contributed by atoms with Gasteiger partial charge in [-0.15, -0.1) is 11.6 Å². The Labute approximate surface area is 117 Å². The van der Waals surface area contributed by atoms with Crippen LogP contribution in [0, 0.1) is 5.82 Å². The molecule has 3 nitrogen and oxygen atoms in total. The minimum absolute atomic E-state index is 0.238. The lowest BCUT2D eigenvalue weighted by Crippen LogP contribution is -2.04. The summed E-state index contributed by atoms with van der Waals surface area (Å²) in [5.74, 6) is 0.790. The van der Waals surface area contributed by atoms with Gasteiger partial charge < -0.3 is 9.30 Å². The van der Waals surface area contributed by atoms with E-state index < -0.39 is 0 Å². The van der Waals surface area contributed by atoms with Crippen molar-refractivity contribution in [3.05, 3.63) is 29.8 Å². The SMILES string of the molecule is COCCCCCn1c(CCl)nc2cccc(F)c21. The number of methoxy groups -OCH3 is 1. The van der Waals surface area contributed by atoms with Crippen molar-refractivity contribution in [1.29, 1.82) is 0 Å². The first-order valence-corrected chi connectivity index (χ1v) is 7.00. The Morgan fingerprint density at radius 2 is 2.16 bits per heavy atom. The third kappa shape index (κ3) is 3.25. The number of hydrogen-bond acceptors (Lipinski definition) is 2. The van der Waals surface area contributed by atoms with Gasteiger partial charge in [-0.05, 0) is 31.4 Å². The molecule has 2 aromatic rings. The largest absolute Gasteiger partial charge is 0.385 e. The minimum atomic E-state index is -0.238. The van der Waals surface area contributed by atoms with E-state index in [1.54, 1.807) is 13.2 Å². The predicted octanol–water partition coefficient (Wildman–Crippen LogP) is 3.73. The number of alkyl halides is 1. The van der Waals surface area contributed by atoms with Crippen LogP contribution in [-0.2, 0) is 17.2 Å². The van der Waals surface area contributed by atoms with Crippen LogP contribution in [0.3, 0.4) is 0 Å². The normalized spacial score (nSPS) is 11.3. The van der Waals surface area contributed by atoms with Gasteiger partial charge in [0.2, 0.25) is 0 Å². The van der Waals surface area contributed by atoms with Crippen molar-refractivity contribution >= 4 is 22.6 Å². The van der Waals surface area contributed by atoms with E-state index in [0.29, 0.717) is 16.9 Å². The summed E-state index contributed by atoms with van der Waals surface area (Å²) in [6, 6.07) is 4.95. The summed E-state index contributed by atoms with van der Waals surface area (Å²) in [6.45, 7) is 1.50. The lowest BCUT2D eigenvalue weighted by molar-refractivity contribution is 0.191. The van der Waals surface area contributed by atoms with Gasteiger partial charge in [0.25, 0.3) is 0 Å². The van der Waals surface area contributed by atoms with Crippen LogP contribution < -0.4 is 0 Å². The molecule has 5 heteroatoms. The fourth-order valence-corrected chi connectivity index (χ4v) is 2.43. The Morgan fingerprint density at radius 3 is 2.89 bits per heavy atom. The van der Waals surface area contributed by atoms with Crippen LogP contribution >= 0.6 is 11.6 Å². The van der Waals surface area contributed by atoms with Crippen LogP contribution in [0.15, 0.2) is 18.2 Å². The molecule has 0 radical (unpaired) electrons. The zero-order chi connectivity index (χ0) is 13.7. The van der Waals surface area contributed by atoms with E-state index >= 15 is 0 Å². The van der Waals surface area contributed by atoms with Gasteiger partial charge in [-0.3, -0.25) is 0 Å². The number of rotatable bonds is 7. The molecule has 1 aromatic carbocycles. The number of para-hydroxylation sites is 1. The maximum Gasteiger partial charge on any atom is 0.149 e. The van der Waals surface area contributed by atoms with E-state index in [-0.39, 0.29) is 5.82 Å². The lowest BCUT2D eigenvalue weighted by atomic mass is 10.2. The Hall–Kier alpha value is -1.13. The number of fused-ring (bicyclic) bond motifs is 1. The Kier molecular flexibility index (Phi) is 5.16. The van der Waals surface area contributed by atoms with Crippen LogP contribution in [0.5, 0.6) is 0 Å². The smallest absolute Gasteiger partial charge is 0.149 e. The van der Waals surface area contributed by atoms with E-state index in [9.17, 15) is 4.39 Å². The molecule has 0 aliphatic heterocycles. The standard InChI is InChI=1S/C14H18ClFN2O/c1-19-9-4-2-3-8-18-13(10-15)17-12-7-5-6-11(16)14(12)18/h5-7H,2-4,8-10H2,1H3. The molecule has 0 amide bonds. The number of nitrogens with zero attached hydrogens (tertiary/aromatic N) is 2. The number of imidazole rings is 1. The van der Waals surface area contributed by atoms with Crippen LogP contribution in [0.4, 0.5) is 4.39 Å². The molecule has 0 bridgehead atoms. The first-order valence-electron chi connectivity index (χ1n) is 6.46. The molecule has 0 spiro atoms. The van der Waals surface area contributed by atoms with Gasteiger partial charge in [-0.1, -0.05) is 6.07 Å². The summed E-state index contributed by atoms with van der Waals surface area (Å²) in [5, 5.41) is 0. The fourth-order valence-electron chi connectivity index (χ4n) is 2.23. The second-order valence-corrected chi connectivity index (χ2v) is 4.74. The third-order valence-electron chi connectivity index (χ3n) is 3.15. The molecule has 0 saturated carbocycles. The Balaban J connectivity index is 2.15. The zero-order valence-corrected chi connectivity index (χ0v) is 11.8. The number of aryl methyl sites for hydroxylation is 1. The average Bonchev–Trinajstić information content (AvgIpc) is 2.78. The number of ether oxygens (including phenoxy) is 1. The highest BCUT2D eigenvalue weighted by atomic mass is 35.5. The molecule has 104 valence electrons. The van der Waals surface area contributed by atoms with Crippen LogP contribution in [-0.4, -0.2) is 23.3 Å². The predicted molar refractivity (Wildman–Crippen MR) is 75.0 cm³/mol. The van der Waals surface area contributed by atoms with Gasteiger partial charge in [-0.2, -0.15) is 0 Å². The molecule has 1 heterocycles. The number of hydrogen-bond donors (Lipinski definition) is 0. The summed E-state index contributed by atoms with van der Waals surface area (Å²) in [5.41, 5.74) is 1.23. The van der Waals surface area contributed by atoms with Crippen molar-refractivity contribution in [3.63, 3.8) is 0 Å². The zero-order valence-electron chi connectivity index (χ0n) is 11.0. The number of unbranched alkanes of at least 4 members (excludes halogenated alkanes) is 2. The minimum Gasteiger partial charge on any atom is -0.385 e. The van der Waals surface area contributed by atoms with Gasteiger partial charge in [0.15, 0.2) is 0 Å². The van der Waals surface area contributed by atoms with E-state index in [4.69, 9.17) is 16.3 Å².